The van der Waals surface area contributed by atoms with Crippen LogP contribution in [-0.4, -0.2) is 44.8 Å². The second kappa shape index (κ2) is 6.66. The van der Waals surface area contributed by atoms with Gasteiger partial charge >= 0.3 is 5.97 Å². The zero-order chi connectivity index (χ0) is 18.1. The number of aryl methyl sites for hydroxylation is 1. The maximum Gasteiger partial charge on any atom is 0.308 e. The van der Waals surface area contributed by atoms with Crippen molar-refractivity contribution in [1.29, 1.82) is 0 Å². The van der Waals surface area contributed by atoms with Crippen molar-refractivity contribution >= 4 is 11.9 Å². The molecule has 7 heteroatoms. The van der Waals surface area contributed by atoms with Crippen molar-refractivity contribution in [3.8, 4) is 5.69 Å². The Morgan fingerprint density at radius 1 is 1.24 bits per heavy atom. The highest BCUT2D eigenvalue weighted by Crippen LogP contribution is 2.23. The highest BCUT2D eigenvalue weighted by atomic mass is 19.1. The number of benzene rings is 1. The molecule has 1 amide bonds. The molecule has 1 aromatic heterocycles. The van der Waals surface area contributed by atoms with Crippen LogP contribution in [0.4, 0.5) is 4.39 Å². The van der Waals surface area contributed by atoms with Gasteiger partial charge in [-0.3, -0.25) is 9.59 Å². The van der Waals surface area contributed by atoms with Crippen molar-refractivity contribution in [2.45, 2.75) is 26.7 Å². The summed E-state index contributed by atoms with van der Waals surface area (Å²) in [5.41, 5.74) is 2.38. The Kier molecular flexibility index (Phi) is 4.57. The first-order chi connectivity index (χ1) is 11.9. The lowest BCUT2D eigenvalue weighted by Crippen LogP contribution is -2.42. The van der Waals surface area contributed by atoms with Crippen molar-refractivity contribution in [2.75, 3.05) is 13.1 Å². The lowest BCUT2D eigenvalue weighted by atomic mass is 9.97. The van der Waals surface area contributed by atoms with Crippen LogP contribution < -0.4 is 0 Å². The number of aliphatic carboxylic acids is 1. The van der Waals surface area contributed by atoms with E-state index in [1.807, 2.05) is 0 Å². The van der Waals surface area contributed by atoms with Crippen LogP contribution in [0.2, 0.25) is 0 Å². The number of halogens is 1. The van der Waals surface area contributed by atoms with Gasteiger partial charge in [0.1, 0.15) is 5.82 Å². The second-order valence-electron chi connectivity index (χ2n) is 6.36. The molecule has 1 atom stereocenters. The number of piperidine rings is 1. The van der Waals surface area contributed by atoms with Crippen LogP contribution in [0.15, 0.2) is 24.3 Å². The molecule has 1 aliphatic rings. The molecule has 0 bridgehead atoms. The number of carboxylic acids is 1. The highest BCUT2D eigenvalue weighted by molar-refractivity contribution is 5.97. The SMILES string of the molecule is Cc1nn(-c2ccc(F)cc2)c(C)c1C(=O)N1CCCC(C(=O)O)C1. The van der Waals surface area contributed by atoms with Gasteiger partial charge in [0.25, 0.3) is 5.91 Å². The minimum atomic E-state index is -0.868. The zero-order valence-electron chi connectivity index (χ0n) is 14.2. The van der Waals surface area contributed by atoms with Crippen molar-refractivity contribution in [1.82, 2.24) is 14.7 Å². The molecule has 0 saturated carbocycles. The van der Waals surface area contributed by atoms with E-state index in [2.05, 4.69) is 5.10 Å². The van der Waals surface area contributed by atoms with Gasteiger partial charge in [0.2, 0.25) is 0 Å². The maximum absolute atomic E-state index is 13.1. The number of hydrogen-bond acceptors (Lipinski definition) is 3. The quantitative estimate of drug-likeness (QED) is 0.928. The average Bonchev–Trinajstić information content (AvgIpc) is 2.89. The third kappa shape index (κ3) is 3.26. The number of nitrogens with zero attached hydrogens (tertiary/aromatic N) is 3. The molecule has 132 valence electrons. The monoisotopic (exact) mass is 345 g/mol. The summed E-state index contributed by atoms with van der Waals surface area (Å²) in [5.74, 6) is -1.93. The third-order valence-electron chi connectivity index (χ3n) is 4.63. The molecular weight excluding hydrogens is 325 g/mol. The number of carbonyl (C=O) groups excluding carboxylic acids is 1. The Morgan fingerprint density at radius 2 is 1.92 bits per heavy atom. The van der Waals surface area contributed by atoms with E-state index in [0.29, 0.717) is 42.0 Å². The minimum Gasteiger partial charge on any atom is -0.481 e. The molecule has 6 nitrogen and oxygen atoms in total. The molecule has 1 saturated heterocycles. The fourth-order valence-corrected chi connectivity index (χ4v) is 3.31. The molecule has 1 aromatic carbocycles. The summed E-state index contributed by atoms with van der Waals surface area (Å²) in [4.78, 5) is 25.7. The number of likely N-dealkylation sites (tertiary alicyclic amines) is 1. The Morgan fingerprint density at radius 3 is 2.56 bits per heavy atom. The van der Waals surface area contributed by atoms with Crippen LogP contribution in [0.5, 0.6) is 0 Å². The van der Waals surface area contributed by atoms with Crippen LogP contribution in [0, 0.1) is 25.6 Å². The zero-order valence-corrected chi connectivity index (χ0v) is 14.2. The van der Waals surface area contributed by atoms with Crippen LogP contribution in [0.1, 0.15) is 34.6 Å². The summed E-state index contributed by atoms with van der Waals surface area (Å²) in [6, 6.07) is 5.89. The summed E-state index contributed by atoms with van der Waals surface area (Å²) in [7, 11) is 0. The standard InChI is InChI=1S/C18H20FN3O3/c1-11-16(17(23)21-9-3-4-13(10-21)18(24)25)12(2)22(20-11)15-7-5-14(19)6-8-15/h5-8,13H,3-4,9-10H2,1-2H3,(H,24,25). The van der Waals surface area contributed by atoms with E-state index in [1.165, 1.54) is 12.1 Å². The van der Waals surface area contributed by atoms with Gasteiger partial charge < -0.3 is 10.0 Å². The smallest absolute Gasteiger partial charge is 0.308 e. The molecule has 0 radical (unpaired) electrons. The van der Waals surface area contributed by atoms with Crippen molar-refractivity contribution in [3.63, 3.8) is 0 Å². The number of carboxylic acid groups (broad SMARTS) is 1. The van der Waals surface area contributed by atoms with E-state index < -0.39 is 11.9 Å². The molecule has 0 spiro atoms. The molecule has 0 aliphatic carbocycles. The Balaban J connectivity index is 1.91. The van der Waals surface area contributed by atoms with Gasteiger partial charge in [-0.2, -0.15) is 5.10 Å². The van der Waals surface area contributed by atoms with E-state index in [0.717, 1.165) is 0 Å². The third-order valence-corrected chi connectivity index (χ3v) is 4.63. The largest absolute Gasteiger partial charge is 0.481 e. The molecule has 1 fully saturated rings. The molecule has 3 rings (SSSR count). The van der Waals surface area contributed by atoms with Gasteiger partial charge in [-0.1, -0.05) is 0 Å². The molecule has 1 N–H and O–H groups in total. The normalized spacial score (nSPS) is 17.6. The van der Waals surface area contributed by atoms with Gasteiger partial charge in [0, 0.05) is 13.1 Å². The number of carbonyl (C=O) groups is 2. The van der Waals surface area contributed by atoms with Gasteiger partial charge in [0.15, 0.2) is 0 Å². The van der Waals surface area contributed by atoms with E-state index in [1.54, 1.807) is 35.6 Å². The fraction of sp³-hybridized carbons (Fsp3) is 0.389. The number of amides is 1. The van der Waals surface area contributed by atoms with E-state index >= 15 is 0 Å². The lowest BCUT2D eigenvalue weighted by Gasteiger charge is -2.30. The second-order valence-corrected chi connectivity index (χ2v) is 6.36. The molecular formula is C18H20FN3O3. The van der Waals surface area contributed by atoms with E-state index in [-0.39, 0.29) is 18.3 Å². The first kappa shape index (κ1) is 17.1. The van der Waals surface area contributed by atoms with E-state index in [4.69, 9.17) is 0 Å². The van der Waals surface area contributed by atoms with Crippen molar-refractivity contribution < 1.29 is 19.1 Å². The topological polar surface area (TPSA) is 75.4 Å². The summed E-state index contributed by atoms with van der Waals surface area (Å²) < 4.78 is 14.7. The molecule has 1 aliphatic heterocycles. The van der Waals surface area contributed by atoms with E-state index in [9.17, 15) is 19.1 Å². The summed E-state index contributed by atoms with van der Waals surface area (Å²) >= 11 is 0. The summed E-state index contributed by atoms with van der Waals surface area (Å²) in [6.45, 7) is 4.30. The summed E-state index contributed by atoms with van der Waals surface area (Å²) in [5, 5.41) is 13.6. The van der Waals surface area contributed by atoms with Gasteiger partial charge in [-0.15, -0.1) is 0 Å². The first-order valence-electron chi connectivity index (χ1n) is 8.22. The maximum atomic E-state index is 13.1. The first-order valence-corrected chi connectivity index (χ1v) is 8.22. The molecule has 1 unspecified atom stereocenters. The van der Waals surface area contributed by atoms with Crippen molar-refractivity contribution in [2.24, 2.45) is 5.92 Å². The highest BCUT2D eigenvalue weighted by Gasteiger charge is 2.31. The Hall–Kier alpha value is -2.70. The molecule has 2 heterocycles. The lowest BCUT2D eigenvalue weighted by molar-refractivity contribution is -0.143. The van der Waals surface area contributed by atoms with Crippen LogP contribution in [0.3, 0.4) is 0 Å². The number of rotatable bonds is 3. The van der Waals surface area contributed by atoms with Crippen molar-refractivity contribution in [3.05, 3.63) is 47.0 Å². The number of aromatic nitrogens is 2. The predicted octanol–water partition coefficient (Wildman–Crippen LogP) is 2.57. The molecule has 2 aromatic rings. The van der Waals surface area contributed by atoms with Crippen LogP contribution >= 0.6 is 0 Å². The van der Waals surface area contributed by atoms with Gasteiger partial charge in [-0.05, 0) is 51.0 Å². The summed E-state index contributed by atoms with van der Waals surface area (Å²) in [6.07, 6.45) is 1.26. The van der Waals surface area contributed by atoms with Crippen LogP contribution in [0.25, 0.3) is 5.69 Å². The minimum absolute atomic E-state index is 0.200. The molecule has 25 heavy (non-hydrogen) atoms. The van der Waals surface area contributed by atoms with Crippen LogP contribution in [-0.2, 0) is 4.79 Å². The average molecular weight is 345 g/mol. The number of hydrogen-bond donors (Lipinski definition) is 1. The predicted molar refractivity (Wildman–Crippen MR) is 89.3 cm³/mol. The fourth-order valence-electron chi connectivity index (χ4n) is 3.31. The van der Waals surface area contributed by atoms with Gasteiger partial charge in [-0.25, -0.2) is 9.07 Å². The Bertz CT molecular complexity index is 814. The Labute approximate surface area is 144 Å². The van der Waals surface area contributed by atoms with Gasteiger partial charge in [0.05, 0.1) is 28.6 Å².